The van der Waals surface area contributed by atoms with Crippen LogP contribution in [0.4, 0.5) is 0 Å². The van der Waals surface area contributed by atoms with Gasteiger partial charge in [0.15, 0.2) is 0 Å². The van der Waals surface area contributed by atoms with Crippen molar-refractivity contribution < 1.29 is 22.2 Å². The van der Waals surface area contributed by atoms with E-state index in [0.717, 1.165) is 5.56 Å². The average molecular weight is 230 g/mol. The predicted molar refractivity (Wildman–Crippen MR) is 54.7 cm³/mol. The predicted octanol–water partition coefficient (Wildman–Crippen LogP) is 2.86. The maximum absolute atomic E-state index is 8.91. The van der Waals surface area contributed by atoms with Crippen molar-refractivity contribution >= 4 is 0 Å². The van der Waals surface area contributed by atoms with Gasteiger partial charge < -0.3 is 35.4 Å². The van der Waals surface area contributed by atoms with Crippen molar-refractivity contribution in [2.24, 2.45) is 0 Å². The van der Waals surface area contributed by atoms with Gasteiger partial charge in [0.25, 0.3) is 0 Å². The van der Waals surface area contributed by atoms with Crippen LogP contribution >= 0.6 is 0 Å². The molecule has 2 heteroatoms. The Morgan fingerprint density at radius 1 is 1.00 bits per heavy atom. The van der Waals surface area contributed by atoms with Crippen LogP contribution in [0.15, 0.2) is 54.6 Å². The van der Waals surface area contributed by atoms with Crippen molar-refractivity contribution in [3.8, 4) is 0 Å². The van der Waals surface area contributed by atoms with Gasteiger partial charge in [0.1, 0.15) is 0 Å². The molecule has 1 N–H and O–H groups in total. The molecule has 2 aromatic carbocycles. The number of hydrogen-bond acceptors (Lipinski definition) is 1. The maximum atomic E-state index is 8.91. The van der Waals surface area contributed by atoms with E-state index in [2.05, 4.69) is 0 Å². The van der Waals surface area contributed by atoms with E-state index in [0.29, 0.717) is 0 Å². The quantitative estimate of drug-likeness (QED) is 0.589. The third kappa shape index (κ3) is 5.03. The number of aliphatic hydroxyl groups excluding tert-OH is 1. The molecule has 82 valence electrons. The Labute approximate surface area is 95.6 Å². The van der Waals surface area contributed by atoms with E-state index in [1.165, 1.54) is 0 Å². The van der Waals surface area contributed by atoms with E-state index in [9.17, 15) is 0 Å². The summed E-state index contributed by atoms with van der Waals surface area (Å²) in [4.78, 5) is 0. The first kappa shape index (κ1) is 13.2. The average Bonchev–Trinajstić information content (AvgIpc) is 2.82. The number of hydrogen-bond donors (Lipinski definition) is 1. The molecule has 0 bridgehead atoms. The van der Waals surface area contributed by atoms with Gasteiger partial charge in [-0.05, 0) is 6.92 Å². The summed E-state index contributed by atoms with van der Waals surface area (Å²) in [6, 6.07) is 17.7. The Morgan fingerprint density at radius 3 is 1.57 bits per heavy atom. The fourth-order valence-electron chi connectivity index (χ4n) is 0.988. The van der Waals surface area contributed by atoms with Crippen molar-refractivity contribution in [3.05, 3.63) is 60.2 Å². The van der Waals surface area contributed by atoms with E-state index in [-0.39, 0.29) is 23.2 Å². The van der Waals surface area contributed by atoms with Crippen molar-refractivity contribution in [1.82, 2.24) is 0 Å². The van der Waals surface area contributed by atoms with Crippen LogP contribution in [0.25, 0.3) is 0 Å². The van der Waals surface area contributed by atoms with Gasteiger partial charge >= 0.3 is 0 Å². The third-order valence-corrected chi connectivity index (χ3v) is 1.73. The topological polar surface area (TPSA) is 20.2 Å². The molecule has 1 atom stereocenters. The minimum Gasteiger partial charge on any atom is -0.748 e. The van der Waals surface area contributed by atoms with E-state index in [1.54, 1.807) is 6.92 Å². The Hall–Kier alpha value is -0.821. The van der Waals surface area contributed by atoms with Crippen LogP contribution in [0, 0.1) is 0 Å². The van der Waals surface area contributed by atoms with Gasteiger partial charge in [0, 0.05) is 23.2 Å². The second-order valence-electron chi connectivity index (χ2n) is 2.86. The zero-order chi connectivity index (χ0) is 9.52. The second kappa shape index (κ2) is 7.57. The van der Waals surface area contributed by atoms with Crippen molar-refractivity contribution in [1.29, 1.82) is 0 Å². The summed E-state index contributed by atoms with van der Waals surface area (Å²) in [6.45, 7) is 1.76. The van der Waals surface area contributed by atoms with Gasteiger partial charge in [0.2, 0.25) is 0 Å². The number of rotatable bonds is 1. The van der Waals surface area contributed by atoms with Crippen LogP contribution in [0.3, 0.4) is 0 Å². The molecular formula is C12H14FeO-6. The molecule has 0 saturated heterocycles. The minimum absolute atomic E-state index is 0. The van der Waals surface area contributed by atoms with Crippen LogP contribution in [-0.2, 0) is 17.1 Å². The van der Waals surface area contributed by atoms with Gasteiger partial charge in [0.05, 0.1) is 0 Å². The smallest absolute Gasteiger partial charge is 0.0322 e. The van der Waals surface area contributed by atoms with E-state index >= 15 is 0 Å². The molecule has 0 unspecified atom stereocenters. The Bertz CT molecular complexity index is 265. The summed E-state index contributed by atoms with van der Waals surface area (Å²) in [5.41, 5.74) is 0.991. The van der Waals surface area contributed by atoms with Crippen molar-refractivity contribution in [3.63, 3.8) is 0 Å². The second-order valence-corrected chi connectivity index (χ2v) is 2.86. The van der Waals surface area contributed by atoms with Crippen LogP contribution in [0.5, 0.6) is 0 Å². The molecule has 2 aromatic rings. The monoisotopic (exact) mass is 230 g/mol. The normalized spacial score (nSPS) is 10.7. The van der Waals surface area contributed by atoms with E-state index in [4.69, 9.17) is 5.11 Å². The molecule has 2 rings (SSSR count). The maximum Gasteiger partial charge on any atom is 0.0322 e. The fourth-order valence-corrected chi connectivity index (χ4v) is 0.988. The Balaban J connectivity index is 0.000000246. The zero-order valence-electron chi connectivity index (χ0n) is 8.07. The summed E-state index contributed by atoms with van der Waals surface area (Å²) >= 11 is 0. The van der Waals surface area contributed by atoms with Gasteiger partial charge in [-0.2, -0.15) is 12.1 Å². The largest absolute Gasteiger partial charge is 0.748 e. The Morgan fingerprint density at radius 2 is 1.36 bits per heavy atom. The van der Waals surface area contributed by atoms with Gasteiger partial charge in [-0.15, -0.1) is 5.56 Å². The van der Waals surface area contributed by atoms with E-state index in [1.807, 2.05) is 54.6 Å². The van der Waals surface area contributed by atoms with Gasteiger partial charge in [-0.3, -0.25) is 0 Å². The van der Waals surface area contributed by atoms with Crippen LogP contribution in [0.1, 0.15) is 18.6 Å². The van der Waals surface area contributed by atoms with E-state index < -0.39 is 0 Å². The standard InChI is InChI=1S/C7H9O.C5H5.Fe/c1-6(8)7-4-2-3-5-7;1-2-4-5-3-1;/h2-6,8H,1H3;1-5H;/q-1;-5;/t6-;;/m0../s1. The first-order valence-corrected chi connectivity index (χ1v) is 4.37. The van der Waals surface area contributed by atoms with Crippen LogP contribution in [0.2, 0.25) is 0 Å². The van der Waals surface area contributed by atoms with Crippen LogP contribution < -0.4 is 0 Å². The molecule has 14 heavy (non-hydrogen) atoms. The molecule has 0 aromatic heterocycles. The summed E-state index contributed by atoms with van der Waals surface area (Å²) < 4.78 is 0. The molecule has 0 heterocycles. The molecule has 0 aliphatic rings. The van der Waals surface area contributed by atoms with Crippen LogP contribution in [-0.4, -0.2) is 5.11 Å². The third-order valence-electron chi connectivity index (χ3n) is 1.73. The molecule has 0 amide bonds. The summed E-state index contributed by atoms with van der Waals surface area (Å²) in [5, 5.41) is 8.91. The van der Waals surface area contributed by atoms with Gasteiger partial charge in [-0.1, -0.05) is 0 Å². The fraction of sp³-hybridized carbons (Fsp3) is 0.167. The van der Waals surface area contributed by atoms with Crippen molar-refractivity contribution in [2.75, 3.05) is 0 Å². The summed E-state index contributed by atoms with van der Waals surface area (Å²) in [6.07, 6.45) is -0.315. The molecule has 1 nitrogen and oxygen atoms in total. The molecule has 0 saturated carbocycles. The zero-order valence-corrected chi connectivity index (χ0v) is 9.18. The Kier molecular flexibility index (Phi) is 7.13. The summed E-state index contributed by atoms with van der Waals surface area (Å²) in [5.74, 6) is 0. The molecule has 0 aliphatic heterocycles. The SMILES string of the molecule is C[C@H](O)[c-]1cccc1.[Fe].[cH-]1[cH-][cH-][cH-][cH-]1. The van der Waals surface area contributed by atoms with Crippen molar-refractivity contribution in [2.45, 2.75) is 13.0 Å². The molecule has 0 fully saturated rings. The molecule has 0 aliphatic carbocycles. The molecular weight excluding hydrogens is 216 g/mol. The minimum atomic E-state index is -0.315. The first-order valence-electron chi connectivity index (χ1n) is 4.37. The number of aliphatic hydroxyl groups is 1. The summed E-state index contributed by atoms with van der Waals surface area (Å²) in [7, 11) is 0. The first-order chi connectivity index (χ1) is 6.30. The van der Waals surface area contributed by atoms with Gasteiger partial charge in [-0.25, -0.2) is 12.1 Å². The molecule has 0 spiro atoms. The molecule has 0 radical (unpaired) electrons.